The molecule has 5 heteroatoms. The van der Waals surface area contributed by atoms with Gasteiger partial charge in [-0.1, -0.05) is 12.1 Å². The van der Waals surface area contributed by atoms with Crippen LogP contribution >= 0.6 is 0 Å². The smallest absolute Gasteiger partial charge is 0.182 e. The Kier molecular flexibility index (Phi) is 4.40. The van der Waals surface area contributed by atoms with Gasteiger partial charge in [0.25, 0.3) is 0 Å². The van der Waals surface area contributed by atoms with E-state index in [0.717, 1.165) is 6.20 Å². The highest BCUT2D eigenvalue weighted by Gasteiger charge is 2.11. The topological polar surface area (TPSA) is 33.2 Å². The Hall–Kier alpha value is -2.30. The highest BCUT2D eigenvalue weighted by atomic mass is 19.1. The van der Waals surface area contributed by atoms with Gasteiger partial charge in [0.1, 0.15) is 17.3 Å². The molecule has 0 radical (unpaired) electrons. The molecule has 0 atom stereocenters. The first-order valence-electron chi connectivity index (χ1n) is 6.18. The third-order valence-electron chi connectivity index (χ3n) is 2.95. The Morgan fingerprint density at radius 3 is 2.60 bits per heavy atom. The van der Waals surface area contributed by atoms with Gasteiger partial charge in [-0.05, 0) is 24.3 Å². The van der Waals surface area contributed by atoms with E-state index in [1.807, 2.05) is 0 Å². The molecule has 0 saturated heterocycles. The number of halogens is 2. The van der Waals surface area contributed by atoms with Crippen molar-refractivity contribution in [2.75, 3.05) is 18.5 Å². The number of nitrogens with zero attached hydrogens (tertiary/aromatic N) is 2. The summed E-state index contributed by atoms with van der Waals surface area (Å²) in [6.45, 7) is 0.360. The quantitative estimate of drug-likeness (QED) is 0.787. The maximum atomic E-state index is 13.6. The van der Waals surface area contributed by atoms with E-state index in [1.54, 1.807) is 30.1 Å². The number of hydrogen-bond acceptors (Lipinski definition) is 3. The van der Waals surface area contributed by atoms with Crippen LogP contribution in [0.25, 0.3) is 0 Å². The summed E-state index contributed by atoms with van der Waals surface area (Å²) < 4.78 is 26.3. The number of benzene rings is 1. The van der Waals surface area contributed by atoms with Crippen LogP contribution in [0.1, 0.15) is 16.9 Å². The van der Waals surface area contributed by atoms with Crippen LogP contribution < -0.4 is 4.90 Å². The van der Waals surface area contributed by atoms with Crippen LogP contribution in [-0.2, 0) is 0 Å². The summed E-state index contributed by atoms with van der Waals surface area (Å²) in [5.41, 5.74) is 0.653. The molecule has 0 amide bonds. The third-order valence-corrected chi connectivity index (χ3v) is 2.95. The van der Waals surface area contributed by atoms with E-state index < -0.39 is 5.82 Å². The van der Waals surface area contributed by atoms with Crippen molar-refractivity contribution in [2.24, 2.45) is 0 Å². The number of rotatable bonds is 5. The number of para-hydroxylation sites is 1. The second kappa shape index (κ2) is 6.23. The monoisotopic (exact) mass is 276 g/mol. The molecule has 1 heterocycles. The average Bonchev–Trinajstić information content (AvgIpc) is 2.45. The Morgan fingerprint density at radius 2 is 1.95 bits per heavy atom. The van der Waals surface area contributed by atoms with E-state index in [4.69, 9.17) is 0 Å². The van der Waals surface area contributed by atoms with Gasteiger partial charge in [-0.2, -0.15) is 0 Å². The Bertz CT molecular complexity index is 599. The van der Waals surface area contributed by atoms with Gasteiger partial charge in [0.05, 0.1) is 11.9 Å². The van der Waals surface area contributed by atoms with Crippen LogP contribution in [0.5, 0.6) is 0 Å². The summed E-state index contributed by atoms with van der Waals surface area (Å²) in [6.07, 6.45) is 1.19. The highest BCUT2D eigenvalue weighted by Crippen LogP contribution is 2.17. The molecular formula is C15H14F2N2O. The van der Waals surface area contributed by atoms with Crippen molar-refractivity contribution < 1.29 is 13.6 Å². The number of aromatic nitrogens is 1. The number of ketones is 1. The number of anilines is 1. The molecule has 0 aliphatic carbocycles. The average molecular weight is 276 g/mol. The molecule has 1 aromatic heterocycles. The molecule has 0 aliphatic rings. The van der Waals surface area contributed by atoms with Gasteiger partial charge in [-0.15, -0.1) is 0 Å². The fraction of sp³-hybridized carbons (Fsp3) is 0.200. The summed E-state index contributed by atoms with van der Waals surface area (Å²) in [7, 11) is 1.71. The van der Waals surface area contributed by atoms with Crippen molar-refractivity contribution >= 4 is 11.5 Å². The summed E-state index contributed by atoms with van der Waals surface area (Å²) in [5, 5.41) is 0. The Balaban J connectivity index is 1.97. The van der Waals surface area contributed by atoms with E-state index in [2.05, 4.69) is 4.98 Å². The minimum Gasteiger partial charge on any atom is -0.372 e. The minimum atomic E-state index is -0.481. The Morgan fingerprint density at radius 1 is 1.20 bits per heavy atom. The van der Waals surface area contributed by atoms with Gasteiger partial charge < -0.3 is 4.90 Å². The molecule has 2 rings (SSSR count). The van der Waals surface area contributed by atoms with Gasteiger partial charge in [0, 0.05) is 20.0 Å². The fourth-order valence-corrected chi connectivity index (χ4v) is 1.82. The van der Waals surface area contributed by atoms with E-state index in [9.17, 15) is 13.6 Å². The predicted molar refractivity (Wildman–Crippen MR) is 72.8 cm³/mol. The number of hydrogen-bond donors (Lipinski definition) is 0. The van der Waals surface area contributed by atoms with Gasteiger partial charge in [0.15, 0.2) is 5.78 Å². The number of Topliss-reactive ketones (excluding diaryl/α,β-unsaturated/α-hetero) is 1. The van der Waals surface area contributed by atoms with Gasteiger partial charge in [-0.3, -0.25) is 9.78 Å². The molecule has 3 nitrogen and oxygen atoms in total. The first-order chi connectivity index (χ1) is 9.58. The molecule has 0 unspecified atom stereocenters. The van der Waals surface area contributed by atoms with Gasteiger partial charge in [0.2, 0.25) is 0 Å². The molecular weight excluding hydrogens is 262 g/mol. The molecule has 0 aliphatic heterocycles. The number of carbonyl (C=O) groups excluding carboxylic acids is 1. The van der Waals surface area contributed by atoms with Crippen molar-refractivity contribution in [3.8, 4) is 0 Å². The van der Waals surface area contributed by atoms with Crippen LogP contribution in [0.3, 0.4) is 0 Å². The zero-order chi connectivity index (χ0) is 14.5. The zero-order valence-corrected chi connectivity index (χ0v) is 11.0. The van der Waals surface area contributed by atoms with Crippen molar-refractivity contribution in [3.05, 3.63) is 59.9 Å². The van der Waals surface area contributed by atoms with Crippen LogP contribution in [-0.4, -0.2) is 24.4 Å². The minimum absolute atomic E-state index is 0.184. The van der Waals surface area contributed by atoms with E-state index in [0.29, 0.717) is 12.2 Å². The predicted octanol–water partition coefficient (Wildman–Crippen LogP) is 3.07. The number of carbonyl (C=O) groups is 1. The summed E-state index contributed by atoms with van der Waals surface area (Å²) in [6, 6.07) is 8.91. The zero-order valence-electron chi connectivity index (χ0n) is 11.0. The van der Waals surface area contributed by atoms with Gasteiger partial charge >= 0.3 is 0 Å². The van der Waals surface area contributed by atoms with E-state index in [1.165, 1.54) is 18.2 Å². The highest BCUT2D eigenvalue weighted by molar-refractivity contribution is 5.94. The van der Waals surface area contributed by atoms with Crippen molar-refractivity contribution in [3.63, 3.8) is 0 Å². The van der Waals surface area contributed by atoms with Gasteiger partial charge in [-0.25, -0.2) is 8.78 Å². The van der Waals surface area contributed by atoms with E-state index in [-0.39, 0.29) is 23.7 Å². The first kappa shape index (κ1) is 14.1. The van der Waals surface area contributed by atoms with Crippen LogP contribution in [0, 0.1) is 11.6 Å². The molecule has 0 spiro atoms. The first-order valence-corrected chi connectivity index (χ1v) is 6.18. The maximum Gasteiger partial charge on any atom is 0.182 e. The fourth-order valence-electron chi connectivity index (χ4n) is 1.82. The van der Waals surface area contributed by atoms with E-state index >= 15 is 0 Å². The summed E-state index contributed by atoms with van der Waals surface area (Å²) in [5.74, 6) is -1.01. The molecule has 0 bridgehead atoms. The molecule has 2 aromatic rings. The van der Waals surface area contributed by atoms with Crippen molar-refractivity contribution in [1.82, 2.24) is 4.98 Å². The Labute approximate surface area is 115 Å². The molecule has 20 heavy (non-hydrogen) atoms. The number of pyridine rings is 1. The maximum absolute atomic E-state index is 13.6. The lowest BCUT2D eigenvalue weighted by Crippen LogP contribution is -2.22. The third kappa shape index (κ3) is 3.38. The summed E-state index contributed by atoms with van der Waals surface area (Å²) in [4.78, 5) is 17.3. The second-order valence-electron chi connectivity index (χ2n) is 4.41. The molecule has 0 N–H and O–H groups in total. The standard InChI is InChI=1S/C15H14F2N2O/c1-19(14-5-3-2-4-12(14)17)9-8-15(20)13-7-6-11(16)10-18-13/h2-7,10H,8-9H2,1H3. The molecule has 0 saturated carbocycles. The lowest BCUT2D eigenvalue weighted by atomic mass is 10.2. The van der Waals surface area contributed by atoms with Crippen LogP contribution in [0.15, 0.2) is 42.6 Å². The van der Waals surface area contributed by atoms with Crippen LogP contribution in [0.2, 0.25) is 0 Å². The van der Waals surface area contributed by atoms with Crippen molar-refractivity contribution in [1.29, 1.82) is 0 Å². The summed E-state index contributed by atoms with van der Waals surface area (Å²) >= 11 is 0. The van der Waals surface area contributed by atoms with Crippen LogP contribution in [0.4, 0.5) is 14.5 Å². The second-order valence-corrected chi connectivity index (χ2v) is 4.41. The lowest BCUT2D eigenvalue weighted by Gasteiger charge is -2.19. The molecule has 0 fully saturated rings. The normalized spacial score (nSPS) is 10.3. The molecule has 1 aromatic carbocycles. The SMILES string of the molecule is CN(CCC(=O)c1ccc(F)cn1)c1ccccc1F. The lowest BCUT2D eigenvalue weighted by molar-refractivity contribution is 0.0980. The van der Waals surface area contributed by atoms with Crippen molar-refractivity contribution in [2.45, 2.75) is 6.42 Å². The largest absolute Gasteiger partial charge is 0.372 e. The molecule has 104 valence electrons.